The Kier molecular flexibility index (Phi) is 3.28. The predicted molar refractivity (Wildman–Crippen MR) is 98.0 cm³/mol. The van der Waals surface area contributed by atoms with Crippen LogP contribution in [-0.4, -0.2) is 15.9 Å². The van der Waals surface area contributed by atoms with E-state index in [1.165, 1.54) is 12.1 Å². The summed E-state index contributed by atoms with van der Waals surface area (Å²) >= 11 is 0. The fourth-order valence-corrected chi connectivity index (χ4v) is 4.04. The number of anilines is 1. The number of imidazole rings is 1. The minimum atomic E-state index is -0.279. The summed E-state index contributed by atoms with van der Waals surface area (Å²) in [5, 5.41) is 0. The molecule has 1 amide bonds. The SMILES string of the molecule is O=C1C2C=CC=CC2C(c2ccc(F)cc2)N1c1ccc2nc[nH]c2c1. The second kappa shape index (κ2) is 5.66. The summed E-state index contributed by atoms with van der Waals surface area (Å²) in [5.74, 6) is -0.397. The molecule has 128 valence electrons. The van der Waals surface area contributed by atoms with Crippen molar-refractivity contribution in [1.29, 1.82) is 0 Å². The van der Waals surface area contributed by atoms with Crippen LogP contribution in [-0.2, 0) is 4.79 Å². The molecule has 5 heteroatoms. The molecule has 2 heterocycles. The highest BCUT2D eigenvalue weighted by molar-refractivity contribution is 6.01. The number of carbonyl (C=O) groups is 1. The van der Waals surface area contributed by atoms with Crippen LogP contribution in [0.25, 0.3) is 11.0 Å². The number of benzene rings is 2. The first-order chi connectivity index (χ1) is 12.7. The van der Waals surface area contributed by atoms with E-state index in [1.807, 2.05) is 41.3 Å². The van der Waals surface area contributed by atoms with E-state index in [4.69, 9.17) is 0 Å². The maximum atomic E-state index is 13.4. The van der Waals surface area contributed by atoms with E-state index >= 15 is 0 Å². The number of H-pyrrole nitrogens is 1. The molecule has 2 aliphatic rings. The van der Waals surface area contributed by atoms with Crippen molar-refractivity contribution in [2.75, 3.05) is 4.90 Å². The lowest BCUT2D eigenvalue weighted by Gasteiger charge is -2.28. The number of fused-ring (bicyclic) bond motifs is 2. The monoisotopic (exact) mass is 345 g/mol. The number of nitrogens with zero attached hydrogens (tertiary/aromatic N) is 2. The molecule has 1 aliphatic carbocycles. The highest BCUT2D eigenvalue weighted by Crippen LogP contribution is 2.47. The molecule has 3 unspecified atom stereocenters. The maximum Gasteiger partial charge on any atom is 0.235 e. The highest BCUT2D eigenvalue weighted by Gasteiger charge is 2.47. The number of halogens is 1. The lowest BCUT2D eigenvalue weighted by molar-refractivity contribution is -0.119. The number of hydrogen-bond acceptors (Lipinski definition) is 2. The molecule has 1 N–H and O–H groups in total. The molecule has 3 aromatic rings. The molecule has 4 nitrogen and oxygen atoms in total. The van der Waals surface area contributed by atoms with Crippen molar-refractivity contribution in [3.05, 3.63) is 84.5 Å². The molecule has 1 fully saturated rings. The van der Waals surface area contributed by atoms with Gasteiger partial charge >= 0.3 is 0 Å². The van der Waals surface area contributed by atoms with Crippen molar-refractivity contribution >= 4 is 22.6 Å². The van der Waals surface area contributed by atoms with Gasteiger partial charge in [0.25, 0.3) is 0 Å². The van der Waals surface area contributed by atoms with E-state index < -0.39 is 0 Å². The first-order valence-corrected chi connectivity index (χ1v) is 8.59. The first-order valence-electron chi connectivity index (χ1n) is 8.59. The van der Waals surface area contributed by atoms with Crippen molar-refractivity contribution in [2.45, 2.75) is 6.04 Å². The van der Waals surface area contributed by atoms with E-state index in [0.717, 1.165) is 22.3 Å². The summed E-state index contributed by atoms with van der Waals surface area (Å²) in [5.41, 5.74) is 3.49. The zero-order chi connectivity index (χ0) is 17.7. The molecule has 0 saturated carbocycles. The van der Waals surface area contributed by atoms with Crippen LogP contribution in [0.15, 0.2) is 73.1 Å². The van der Waals surface area contributed by atoms with Crippen LogP contribution in [0.1, 0.15) is 11.6 Å². The molecule has 26 heavy (non-hydrogen) atoms. The number of amides is 1. The second-order valence-corrected chi connectivity index (χ2v) is 6.68. The van der Waals surface area contributed by atoms with Gasteiger partial charge in [0.2, 0.25) is 5.91 Å². The lowest BCUT2D eigenvalue weighted by atomic mass is 9.84. The van der Waals surface area contributed by atoms with Crippen molar-refractivity contribution in [2.24, 2.45) is 11.8 Å². The minimum Gasteiger partial charge on any atom is -0.345 e. The average Bonchev–Trinajstić information content (AvgIpc) is 3.25. The lowest BCUT2D eigenvalue weighted by Crippen LogP contribution is -2.29. The van der Waals surface area contributed by atoms with Crippen LogP contribution in [0.2, 0.25) is 0 Å². The summed E-state index contributed by atoms with van der Waals surface area (Å²) < 4.78 is 13.4. The van der Waals surface area contributed by atoms with Crippen LogP contribution in [0.4, 0.5) is 10.1 Å². The van der Waals surface area contributed by atoms with Crippen molar-refractivity contribution in [3.63, 3.8) is 0 Å². The van der Waals surface area contributed by atoms with Gasteiger partial charge in [0, 0.05) is 11.6 Å². The van der Waals surface area contributed by atoms with E-state index in [2.05, 4.69) is 16.0 Å². The van der Waals surface area contributed by atoms with E-state index in [1.54, 1.807) is 18.5 Å². The van der Waals surface area contributed by atoms with Gasteiger partial charge in [-0.15, -0.1) is 0 Å². The van der Waals surface area contributed by atoms with Gasteiger partial charge in [0.1, 0.15) is 5.82 Å². The van der Waals surface area contributed by atoms with Gasteiger partial charge in [-0.05, 0) is 35.9 Å². The first kappa shape index (κ1) is 15.1. The predicted octanol–water partition coefficient (Wildman–Crippen LogP) is 4.15. The van der Waals surface area contributed by atoms with Gasteiger partial charge in [-0.1, -0.05) is 36.4 Å². The Morgan fingerprint density at radius 3 is 2.69 bits per heavy atom. The third kappa shape index (κ3) is 2.20. The largest absolute Gasteiger partial charge is 0.345 e. The van der Waals surface area contributed by atoms with Gasteiger partial charge in [0.05, 0.1) is 29.3 Å². The number of aromatic amines is 1. The molecule has 2 aromatic carbocycles. The van der Waals surface area contributed by atoms with E-state index in [0.29, 0.717) is 0 Å². The van der Waals surface area contributed by atoms with Gasteiger partial charge in [-0.3, -0.25) is 4.79 Å². The molecule has 1 aromatic heterocycles. The molecular weight excluding hydrogens is 329 g/mol. The molecule has 0 spiro atoms. The molecule has 1 aliphatic heterocycles. The van der Waals surface area contributed by atoms with Gasteiger partial charge in [-0.2, -0.15) is 0 Å². The number of nitrogens with one attached hydrogen (secondary N) is 1. The number of carbonyl (C=O) groups excluding carboxylic acids is 1. The van der Waals surface area contributed by atoms with Crippen molar-refractivity contribution in [1.82, 2.24) is 9.97 Å². The second-order valence-electron chi connectivity index (χ2n) is 6.68. The highest BCUT2D eigenvalue weighted by atomic mass is 19.1. The van der Waals surface area contributed by atoms with Gasteiger partial charge < -0.3 is 9.88 Å². The Labute approximate surface area is 149 Å². The molecule has 0 bridgehead atoms. The molecule has 0 radical (unpaired) electrons. The molecule has 5 rings (SSSR count). The van der Waals surface area contributed by atoms with Crippen LogP contribution in [0.5, 0.6) is 0 Å². The number of hydrogen-bond donors (Lipinski definition) is 1. The Hall–Kier alpha value is -3.21. The van der Waals surface area contributed by atoms with Crippen molar-refractivity contribution < 1.29 is 9.18 Å². The molecule has 1 saturated heterocycles. The topological polar surface area (TPSA) is 49.0 Å². The van der Waals surface area contributed by atoms with E-state index in [-0.39, 0.29) is 29.6 Å². The zero-order valence-corrected chi connectivity index (χ0v) is 13.8. The van der Waals surface area contributed by atoms with E-state index in [9.17, 15) is 9.18 Å². The third-order valence-corrected chi connectivity index (χ3v) is 5.24. The minimum absolute atomic E-state index is 0.0235. The zero-order valence-electron chi connectivity index (χ0n) is 13.8. The summed E-state index contributed by atoms with van der Waals surface area (Å²) in [6.07, 6.45) is 9.57. The number of allylic oxidation sites excluding steroid dienone is 2. The summed E-state index contributed by atoms with van der Waals surface area (Å²) in [6, 6.07) is 12.0. The average molecular weight is 345 g/mol. The van der Waals surface area contributed by atoms with Gasteiger partial charge in [-0.25, -0.2) is 9.37 Å². The Morgan fingerprint density at radius 2 is 1.85 bits per heavy atom. The fourth-order valence-electron chi connectivity index (χ4n) is 4.04. The summed E-state index contributed by atoms with van der Waals surface area (Å²) in [4.78, 5) is 22.4. The standard InChI is InChI=1S/C21H16FN3O/c22-14-7-5-13(6-8-14)20-16-3-1-2-4-17(16)21(26)25(20)15-9-10-18-19(11-15)24-12-23-18/h1-12,16-17,20H,(H,23,24). The Balaban J connectivity index is 1.66. The van der Waals surface area contributed by atoms with Crippen LogP contribution in [0, 0.1) is 17.7 Å². The summed E-state index contributed by atoms with van der Waals surface area (Å²) in [7, 11) is 0. The maximum absolute atomic E-state index is 13.4. The molecular formula is C21H16FN3O. The van der Waals surface area contributed by atoms with Crippen LogP contribution in [0.3, 0.4) is 0 Å². The number of aromatic nitrogens is 2. The quantitative estimate of drug-likeness (QED) is 0.758. The van der Waals surface area contributed by atoms with Crippen molar-refractivity contribution in [3.8, 4) is 0 Å². The molecule has 3 atom stereocenters. The fraction of sp³-hybridized carbons (Fsp3) is 0.143. The van der Waals surface area contributed by atoms with Gasteiger partial charge in [0.15, 0.2) is 0 Å². The third-order valence-electron chi connectivity index (χ3n) is 5.24. The van der Waals surface area contributed by atoms with Crippen LogP contribution >= 0.6 is 0 Å². The van der Waals surface area contributed by atoms with Crippen LogP contribution < -0.4 is 4.90 Å². The number of rotatable bonds is 2. The smallest absolute Gasteiger partial charge is 0.235 e. The Morgan fingerprint density at radius 1 is 1.04 bits per heavy atom. The Bertz CT molecular complexity index is 1050. The normalized spacial score (nSPS) is 24.4. The summed E-state index contributed by atoms with van der Waals surface area (Å²) in [6.45, 7) is 0.